The van der Waals surface area contributed by atoms with E-state index in [0.717, 1.165) is 0 Å². The fraction of sp³-hybridized carbons (Fsp3) is 0.867. The molecule has 13 heteroatoms. The van der Waals surface area contributed by atoms with Crippen LogP contribution in [0.3, 0.4) is 0 Å². The fourth-order valence-electron chi connectivity index (χ4n) is 2.68. The van der Waals surface area contributed by atoms with Gasteiger partial charge in [-0.25, -0.2) is 4.89 Å². The second-order valence-corrected chi connectivity index (χ2v) is 6.14. The van der Waals surface area contributed by atoms with E-state index in [2.05, 4.69) is 11.5 Å². The van der Waals surface area contributed by atoms with E-state index in [-0.39, 0.29) is 6.61 Å². The molecule has 0 aromatic carbocycles. The standard InChI is InChI=1S/C12H22O11.C3H6O2/c13-1-4-6(16)8(18)9(19)11(21-4)23-12(3-15)10(20)7(17)5(2-14)22-12;1-2-3-5-4/h4-11,13-20H,1-3H2;2,4H,1,3H2/t4-,5-,6-,7-,8+,9-,10+,11-,12+;/m1./s1. The van der Waals surface area contributed by atoms with Gasteiger partial charge in [-0.3, -0.25) is 5.26 Å². The highest BCUT2D eigenvalue weighted by Crippen LogP contribution is 2.35. The molecule has 2 saturated heterocycles. The summed E-state index contributed by atoms with van der Waals surface area (Å²) in [6.07, 6.45) is -11.2. The number of aliphatic hydroxyl groups is 8. The topological polar surface area (TPSA) is 219 Å². The van der Waals surface area contributed by atoms with Crippen LogP contribution in [0.25, 0.3) is 0 Å². The summed E-state index contributed by atoms with van der Waals surface area (Å²) in [6, 6.07) is 0. The van der Waals surface area contributed by atoms with Crippen LogP contribution < -0.4 is 0 Å². The molecule has 0 bridgehead atoms. The van der Waals surface area contributed by atoms with Gasteiger partial charge in [0.25, 0.3) is 0 Å². The second kappa shape index (κ2) is 11.4. The van der Waals surface area contributed by atoms with Gasteiger partial charge in [-0.15, -0.1) is 6.58 Å². The lowest BCUT2D eigenvalue weighted by atomic mass is 9.99. The molecule has 2 aliphatic rings. The highest BCUT2D eigenvalue weighted by molar-refractivity contribution is 4.98. The number of hydrogen-bond acceptors (Lipinski definition) is 13. The summed E-state index contributed by atoms with van der Waals surface area (Å²) in [7, 11) is 0. The predicted octanol–water partition coefficient (Wildman–Crippen LogP) is -4.73. The third-order valence-corrected chi connectivity index (χ3v) is 4.26. The zero-order chi connectivity index (χ0) is 21.5. The molecule has 0 aliphatic carbocycles. The Balaban J connectivity index is 0.000000696. The third kappa shape index (κ3) is 5.43. The normalized spacial score (nSPS) is 43.3. The van der Waals surface area contributed by atoms with Crippen LogP contribution in [0, 0.1) is 0 Å². The molecular weight excluding hydrogens is 388 g/mol. The maximum absolute atomic E-state index is 10.00. The minimum absolute atomic E-state index is 0.208. The van der Waals surface area contributed by atoms with Crippen LogP contribution in [-0.2, 0) is 19.1 Å². The highest BCUT2D eigenvalue weighted by Gasteiger charge is 2.58. The zero-order valence-corrected chi connectivity index (χ0v) is 14.9. The van der Waals surface area contributed by atoms with E-state index in [1.807, 2.05) is 0 Å². The summed E-state index contributed by atoms with van der Waals surface area (Å²) < 4.78 is 15.4. The molecule has 0 aromatic heterocycles. The van der Waals surface area contributed by atoms with Gasteiger partial charge < -0.3 is 55.1 Å². The smallest absolute Gasteiger partial charge is 0.224 e. The van der Waals surface area contributed by atoms with Gasteiger partial charge in [-0.2, -0.15) is 0 Å². The van der Waals surface area contributed by atoms with Crippen molar-refractivity contribution in [2.75, 3.05) is 26.4 Å². The Morgan fingerprint density at radius 2 is 1.50 bits per heavy atom. The molecule has 0 unspecified atom stereocenters. The van der Waals surface area contributed by atoms with E-state index < -0.39 is 74.6 Å². The fourth-order valence-corrected chi connectivity index (χ4v) is 2.68. The summed E-state index contributed by atoms with van der Waals surface area (Å²) in [6.45, 7) is 1.15. The number of aliphatic hydroxyl groups excluding tert-OH is 8. The molecule has 2 rings (SSSR count). The van der Waals surface area contributed by atoms with Crippen molar-refractivity contribution in [2.45, 2.75) is 54.8 Å². The molecule has 0 spiro atoms. The molecule has 0 amide bonds. The summed E-state index contributed by atoms with van der Waals surface area (Å²) in [5.41, 5.74) is 0. The van der Waals surface area contributed by atoms with Gasteiger partial charge in [0.1, 0.15) is 49.3 Å². The third-order valence-electron chi connectivity index (χ3n) is 4.26. The van der Waals surface area contributed by atoms with E-state index in [9.17, 15) is 30.6 Å². The van der Waals surface area contributed by atoms with Crippen LogP contribution in [0.1, 0.15) is 0 Å². The molecule has 13 nitrogen and oxygen atoms in total. The largest absolute Gasteiger partial charge is 0.394 e. The van der Waals surface area contributed by atoms with Gasteiger partial charge in [-0.1, -0.05) is 6.08 Å². The summed E-state index contributed by atoms with van der Waals surface area (Å²) in [5.74, 6) is -2.22. The molecule has 9 N–H and O–H groups in total. The van der Waals surface area contributed by atoms with Gasteiger partial charge >= 0.3 is 0 Å². The first-order valence-electron chi connectivity index (χ1n) is 8.34. The van der Waals surface area contributed by atoms with E-state index in [0.29, 0.717) is 0 Å². The van der Waals surface area contributed by atoms with Gasteiger partial charge in [0.05, 0.1) is 19.8 Å². The Hall–Kier alpha value is -0.780. The van der Waals surface area contributed by atoms with E-state index in [1.165, 1.54) is 6.08 Å². The van der Waals surface area contributed by atoms with Gasteiger partial charge in [0.2, 0.25) is 5.79 Å². The Labute approximate surface area is 160 Å². The van der Waals surface area contributed by atoms with Crippen molar-refractivity contribution in [2.24, 2.45) is 0 Å². The van der Waals surface area contributed by atoms with Crippen molar-refractivity contribution in [1.82, 2.24) is 0 Å². The van der Waals surface area contributed by atoms with Crippen LogP contribution in [0.2, 0.25) is 0 Å². The quantitative estimate of drug-likeness (QED) is 0.108. The monoisotopic (exact) mass is 416 g/mol. The van der Waals surface area contributed by atoms with Crippen LogP contribution in [0.4, 0.5) is 0 Å². The average molecular weight is 416 g/mol. The molecule has 2 heterocycles. The molecule has 2 fully saturated rings. The Kier molecular flexibility index (Phi) is 10.3. The number of hydrogen-bond donors (Lipinski definition) is 9. The maximum Gasteiger partial charge on any atom is 0.224 e. The number of ether oxygens (including phenoxy) is 3. The Morgan fingerprint density at radius 1 is 0.893 bits per heavy atom. The molecule has 2 aliphatic heterocycles. The zero-order valence-electron chi connectivity index (χ0n) is 14.9. The van der Waals surface area contributed by atoms with Gasteiger partial charge in [0.15, 0.2) is 6.29 Å². The van der Waals surface area contributed by atoms with Crippen molar-refractivity contribution < 1.29 is 65.2 Å². The van der Waals surface area contributed by atoms with Crippen molar-refractivity contribution in [3.05, 3.63) is 12.7 Å². The van der Waals surface area contributed by atoms with E-state index in [1.54, 1.807) is 0 Å². The van der Waals surface area contributed by atoms with Gasteiger partial charge in [-0.05, 0) is 0 Å². The summed E-state index contributed by atoms with van der Waals surface area (Å²) in [4.78, 5) is 3.57. The summed E-state index contributed by atoms with van der Waals surface area (Å²) >= 11 is 0. The van der Waals surface area contributed by atoms with Crippen molar-refractivity contribution in [3.63, 3.8) is 0 Å². The highest BCUT2D eigenvalue weighted by atomic mass is 17.1. The number of rotatable bonds is 7. The van der Waals surface area contributed by atoms with Crippen molar-refractivity contribution in [1.29, 1.82) is 0 Å². The Bertz CT molecular complexity index is 463. The minimum atomic E-state index is -2.22. The first kappa shape index (κ1) is 25.3. The predicted molar refractivity (Wildman–Crippen MR) is 87.4 cm³/mol. The maximum atomic E-state index is 10.00. The lowest BCUT2D eigenvalue weighted by Gasteiger charge is -2.43. The van der Waals surface area contributed by atoms with Crippen LogP contribution in [0.15, 0.2) is 12.7 Å². The van der Waals surface area contributed by atoms with E-state index >= 15 is 0 Å². The molecule has 0 saturated carbocycles. The van der Waals surface area contributed by atoms with Crippen molar-refractivity contribution in [3.8, 4) is 0 Å². The first-order chi connectivity index (χ1) is 13.2. The first-order valence-corrected chi connectivity index (χ1v) is 8.34. The lowest BCUT2D eigenvalue weighted by molar-refractivity contribution is -0.383. The molecule has 0 radical (unpaired) electrons. The van der Waals surface area contributed by atoms with Crippen LogP contribution in [0.5, 0.6) is 0 Å². The molecule has 166 valence electrons. The summed E-state index contributed by atoms with van der Waals surface area (Å²) in [5, 5.41) is 84.2. The van der Waals surface area contributed by atoms with Crippen LogP contribution >= 0.6 is 0 Å². The van der Waals surface area contributed by atoms with Gasteiger partial charge in [0, 0.05) is 0 Å². The molecule has 9 atom stereocenters. The lowest BCUT2D eigenvalue weighted by Crippen LogP contribution is -2.62. The molecule has 0 aromatic rings. The second-order valence-electron chi connectivity index (χ2n) is 6.14. The molecule has 28 heavy (non-hydrogen) atoms. The minimum Gasteiger partial charge on any atom is -0.394 e. The Morgan fingerprint density at radius 3 is 1.89 bits per heavy atom. The van der Waals surface area contributed by atoms with Crippen LogP contribution in [-0.4, -0.2) is 127 Å². The van der Waals surface area contributed by atoms with Crippen molar-refractivity contribution >= 4 is 0 Å². The SMILES string of the molecule is C=CCOO.OC[C@H]1O[C@@](CO)(O[C@H]2O[C@H](CO)[C@@H](O)[C@H](O)[C@H]2O)[C@@H](O)[C@@H]1O. The average Bonchev–Trinajstić information content (AvgIpc) is 2.94. The van der Waals surface area contributed by atoms with E-state index in [4.69, 9.17) is 29.7 Å². The molecular formula is C15H28O13.